The number of nitro benzene ring substituents is 1. The molecular formula is C23H21N3O5S. The lowest BCUT2D eigenvalue weighted by molar-refractivity contribution is -0.384. The van der Waals surface area contributed by atoms with E-state index in [0.717, 1.165) is 4.90 Å². The van der Waals surface area contributed by atoms with Crippen LogP contribution < -0.4 is 15.4 Å². The molecule has 0 aliphatic heterocycles. The standard InChI is InChI=1S/C23H21N3O5S/c1-15-11-18(26(29)30)9-10-21(15)25-22(27)14-32-20-8-4-6-17(13-20)24-23(28)16-5-3-7-19(12-16)31-2/h3-13H,14H2,1-2H3,(H,24,28)(H,25,27). The summed E-state index contributed by atoms with van der Waals surface area (Å²) in [4.78, 5) is 36.0. The molecule has 0 aliphatic rings. The fourth-order valence-electron chi connectivity index (χ4n) is 2.87. The Kier molecular flexibility index (Phi) is 7.45. The predicted octanol–water partition coefficient (Wildman–Crippen LogP) is 4.89. The van der Waals surface area contributed by atoms with E-state index in [1.807, 2.05) is 6.07 Å². The van der Waals surface area contributed by atoms with Crippen LogP contribution in [0.5, 0.6) is 5.75 Å². The number of nitro groups is 1. The number of benzene rings is 3. The Morgan fingerprint density at radius 3 is 2.53 bits per heavy atom. The number of ether oxygens (including phenoxy) is 1. The summed E-state index contributed by atoms with van der Waals surface area (Å²) in [7, 11) is 1.54. The van der Waals surface area contributed by atoms with Crippen molar-refractivity contribution >= 4 is 40.6 Å². The zero-order valence-corrected chi connectivity index (χ0v) is 18.3. The van der Waals surface area contributed by atoms with Crippen LogP contribution in [-0.2, 0) is 4.79 Å². The molecule has 3 rings (SSSR count). The van der Waals surface area contributed by atoms with Crippen LogP contribution in [0.25, 0.3) is 0 Å². The maximum atomic E-state index is 12.5. The molecule has 0 bridgehead atoms. The van der Waals surface area contributed by atoms with Crippen molar-refractivity contribution in [1.82, 2.24) is 0 Å². The SMILES string of the molecule is COc1cccc(C(=O)Nc2cccc(SCC(=O)Nc3ccc([N+](=O)[O-])cc3C)c2)c1. The van der Waals surface area contributed by atoms with E-state index < -0.39 is 4.92 Å². The number of amides is 2. The summed E-state index contributed by atoms with van der Waals surface area (Å²) in [5.74, 6) is 0.232. The maximum absolute atomic E-state index is 12.5. The molecule has 164 valence electrons. The van der Waals surface area contributed by atoms with Crippen molar-refractivity contribution in [3.8, 4) is 5.75 Å². The molecule has 0 aromatic heterocycles. The summed E-state index contributed by atoms with van der Waals surface area (Å²) in [6, 6.07) is 18.3. The third kappa shape index (κ3) is 6.08. The van der Waals surface area contributed by atoms with Gasteiger partial charge in [-0.3, -0.25) is 19.7 Å². The van der Waals surface area contributed by atoms with Crippen molar-refractivity contribution in [2.24, 2.45) is 0 Å². The monoisotopic (exact) mass is 451 g/mol. The number of nitrogens with one attached hydrogen (secondary N) is 2. The number of thioether (sulfide) groups is 1. The summed E-state index contributed by atoms with van der Waals surface area (Å²) in [5, 5.41) is 16.4. The number of hydrogen-bond donors (Lipinski definition) is 2. The van der Waals surface area contributed by atoms with E-state index in [1.165, 1.54) is 37.1 Å². The molecule has 2 amide bonds. The largest absolute Gasteiger partial charge is 0.497 e. The summed E-state index contributed by atoms with van der Waals surface area (Å²) in [5.41, 5.74) is 2.19. The normalized spacial score (nSPS) is 10.3. The minimum atomic E-state index is -0.478. The van der Waals surface area contributed by atoms with Crippen LogP contribution in [0.3, 0.4) is 0 Å². The Morgan fingerprint density at radius 2 is 1.81 bits per heavy atom. The van der Waals surface area contributed by atoms with E-state index in [2.05, 4.69) is 10.6 Å². The average Bonchev–Trinajstić information content (AvgIpc) is 2.79. The molecule has 3 aromatic carbocycles. The molecule has 9 heteroatoms. The van der Waals surface area contributed by atoms with Crippen molar-refractivity contribution in [3.63, 3.8) is 0 Å². The van der Waals surface area contributed by atoms with Crippen LogP contribution in [0.1, 0.15) is 15.9 Å². The first-order valence-corrected chi connectivity index (χ1v) is 10.6. The number of hydrogen-bond acceptors (Lipinski definition) is 6. The van der Waals surface area contributed by atoms with Gasteiger partial charge in [0.05, 0.1) is 17.8 Å². The number of methoxy groups -OCH3 is 1. The highest BCUT2D eigenvalue weighted by Crippen LogP contribution is 2.24. The van der Waals surface area contributed by atoms with Gasteiger partial charge in [0.25, 0.3) is 11.6 Å². The Balaban J connectivity index is 1.58. The molecule has 0 radical (unpaired) electrons. The van der Waals surface area contributed by atoms with Crippen LogP contribution in [0.15, 0.2) is 71.6 Å². The molecule has 0 aliphatic carbocycles. The molecule has 0 saturated heterocycles. The smallest absolute Gasteiger partial charge is 0.269 e. The summed E-state index contributed by atoms with van der Waals surface area (Å²) >= 11 is 1.31. The Hall–Kier alpha value is -3.85. The Labute approximate surface area is 189 Å². The van der Waals surface area contributed by atoms with Gasteiger partial charge in [0.1, 0.15) is 5.75 Å². The second kappa shape index (κ2) is 10.5. The minimum absolute atomic E-state index is 0.0253. The van der Waals surface area contributed by atoms with Gasteiger partial charge in [0.2, 0.25) is 5.91 Å². The maximum Gasteiger partial charge on any atom is 0.269 e. The van der Waals surface area contributed by atoms with Gasteiger partial charge in [-0.05, 0) is 55.0 Å². The molecule has 3 aromatic rings. The first-order valence-electron chi connectivity index (χ1n) is 9.59. The summed E-state index contributed by atoms with van der Waals surface area (Å²) < 4.78 is 5.14. The van der Waals surface area contributed by atoms with Crippen LogP contribution in [0.4, 0.5) is 17.1 Å². The molecule has 0 spiro atoms. The third-order valence-electron chi connectivity index (χ3n) is 4.49. The quantitative estimate of drug-likeness (QED) is 0.286. The van der Waals surface area contributed by atoms with Crippen LogP contribution >= 0.6 is 11.8 Å². The van der Waals surface area contributed by atoms with Crippen LogP contribution in [0.2, 0.25) is 0 Å². The van der Waals surface area contributed by atoms with Crippen LogP contribution in [0, 0.1) is 17.0 Å². The first-order chi connectivity index (χ1) is 15.4. The average molecular weight is 452 g/mol. The lowest BCUT2D eigenvalue weighted by atomic mass is 10.2. The first kappa shape index (κ1) is 22.8. The molecule has 0 unspecified atom stereocenters. The number of nitrogens with zero attached hydrogens (tertiary/aromatic N) is 1. The van der Waals surface area contributed by atoms with E-state index in [9.17, 15) is 19.7 Å². The summed E-state index contributed by atoms with van der Waals surface area (Å²) in [6.07, 6.45) is 0. The van der Waals surface area contributed by atoms with Crippen molar-refractivity contribution in [2.75, 3.05) is 23.5 Å². The minimum Gasteiger partial charge on any atom is -0.497 e. The predicted molar refractivity (Wildman–Crippen MR) is 125 cm³/mol. The van der Waals surface area contributed by atoms with E-state index in [-0.39, 0.29) is 23.3 Å². The van der Waals surface area contributed by atoms with Gasteiger partial charge in [-0.1, -0.05) is 12.1 Å². The molecule has 0 fully saturated rings. The van der Waals surface area contributed by atoms with Gasteiger partial charge in [-0.2, -0.15) is 0 Å². The number of carbonyl (C=O) groups excluding carboxylic acids is 2. The molecule has 0 saturated carbocycles. The van der Waals surface area contributed by atoms with Gasteiger partial charge in [0.15, 0.2) is 0 Å². The highest BCUT2D eigenvalue weighted by molar-refractivity contribution is 8.00. The van der Waals surface area contributed by atoms with E-state index in [0.29, 0.717) is 28.3 Å². The number of non-ortho nitro benzene ring substituents is 1. The highest BCUT2D eigenvalue weighted by atomic mass is 32.2. The highest BCUT2D eigenvalue weighted by Gasteiger charge is 2.11. The molecule has 8 nitrogen and oxygen atoms in total. The lowest BCUT2D eigenvalue weighted by Gasteiger charge is -2.10. The van der Waals surface area contributed by atoms with Crippen LogP contribution in [-0.4, -0.2) is 29.6 Å². The van der Waals surface area contributed by atoms with Crippen molar-refractivity contribution < 1.29 is 19.2 Å². The van der Waals surface area contributed by atoms with Gasteiger partial charge < -0.3 is 15.4 Å². The molecule has 0 atom stereocenters. The fourth-order valence-corrected chi connectivity index (χ4v) is 3.62. The summed E-state index contributed by atoms with van der Waals surface area (Å²) in [6.45, 7) is 1.70. The second-order valence-electron chi connectivity index (χ2n) is 6.81. The number of anilines is 2. The number of aryl methyl sites for hydroxylation is 1. The van der Waals surface area contributed by atoms with Gasteiger partial charge >= 0.3 is 0 Å². The lowest BCUT2D eigenvalue weighted by Crippen LogP contribution is -2.15. The van der Waals surface area contributed by atoms with E-state index >= 15 is 0 Å². The molecule has 2 N–H and O–H groups in total. The van der Waals surface area contributed by atoms with E-state index in [4.69, 9.17) is 4.74 Å². The van der Waals surface area contributed by atoms with Crippen molar-refractivity contribution in [1.29, 1.82) is 0 Å². The Bertz CT molecular complexity index is 1170. The Morgan fingerprint density at radius 1 is 1.03 bits per heavy atom. The third-order valence-corrected chi connectivity index (χ3v) is 5.48. The van der Waals surface area contributed by atoms with Crippen molar-refractivity contribution in [2.45, 2.75) is 11.8 Å². The van der Waals surface area contributed by atoms with Gasteiger partial charge in [-0.25, -0.2) is 0 Å². The molecular weight excluding hydrogens is 430 g/mol. The van der Waals surface area contributed by atoms with Gasteiger partial charge in [-0.15, -0.1) is 11.8 Å². The zero-order chi connectivity index (χ0) is 23.1. The number of carbonyl (C=O) groups is 2. The number of rotatable bonds is 8. The second-order valence-corrected chi connectivity index (χ2v) is 7.86. The topological polar surface area (TPSA) is 111 Å². The fraction of sp³-hybridized carbons (Fsp3) is 0.130. The van der Waals surface area contributed by atoms with Crippen molar-refractivity contribution in [3.05, 3.63) is 88.0 Å². The molecule has 0 heterocycles. The zero-order valence-electron chi connectivity index (χ0n) is 17.5. The molecule has 32 heavy (non-hydrogen) atoms. The van der Waals surface area contributed by atoms with Gasteiger partial charge in [0, 0.05) is 34.0 Å². The van der Waals surface area contributed by atoms with E-state index in [1.54, 1.807) is 49.4 Å².